The van der Waals surface area contributed by atoms with Crippen LogP contribution in [0.3, 0.4) is 0 Å². The number of hydrogen-bond donors (Lipinski definition) is 2. The maximum absolute atomic E-state index is 13.0. The molecule has 1 aromatic carbocycles. The highest BCUT2D eigenvalue weighted by Gasteiger charge is 2.44. The van der Waals surface area contributed by atoms with Crippen LogP contribution in [0.1, 0.15) is 59.2 Å². The molecule has 2 N–H and O–H groups in total. The molecule has 0 aliphatic carbocycles. The van der Waals surface area contributed by atoms with Crippen LogP contribution in [0.4, 0.5) is 5.69 Å². The average molecular weight is 425 g/mol. The van der Waals surface area contributed by atoms with Crippen molar-refractivity contribution in [2.45, 2.75) is 44.6 Å². The van der Waals surface area contributed by atoms with Gasteiger partial charge in [0.1, 0.15) is 6.04 Å². The monoisotopic (exact) mass is 424 g/mol. The van der Waals surface area contributed by atoms with Crippen molar-refractivity contribution in [1.29, 1.82) is 0 Å². The van der Waals surface area contributed by atoms with Crippen LogP contribution in [0.15, 0.2) is 18.2 Å². The van der Waals surface area contributed by atoms with Gasteiger partial charge in [-0.3, -0.25) is 29.4 Å². The molecule has 4 aliphatic rings. The number of nitrogens with one attached hydrogen (secondary N) is 2. The number of fused-ring (bicyclic) bond motifs is 1. The number of anilines is 1. The first-order valence-corrected chi connectivity index (χ1v) is 11.3. The lowest BCUT2D eigenvalue weighted by Gasteiger charge is -2.38. The van der Waals surface area contributed by atoms with Gasteiger partial charge in [0, 0.05) is 25.2 Å². The molecule has 164 valence electrons. The van der Waals surface area contributed by atoms with E-state index in [1.165, 1.54) is 12.8 Å². The van der Waals surface area contributed by atoms with Crippen LogP contribution in [0.2, 0.25) is 0 Å². The minimum Gasteiger partial charge on any atom is -0.371 e. The molecule has 2 atom stereocenters. The second-order valence-corrected chi connectivity index (χ2v) is 9.11. The fraction of sp³-hybridized carbons (Fsp3) is 0.565. The summed E-state index contributed by atoms with van der Waals surface area (Å²) in [7, 11) is 0. The Labute approximate surface area is 181 Å². The quantitative estimate of drug-likeness (QED) is 0.710. The van der Waals surface area contributed by atoms with Crippen LogP contribution in [0, 0.1) is 11.8 Å². The molecule has 0 bridgehead atoms. The zero-order valence-electron chi connectivity index (χ0n) is 17.6. The van der Waals surface area contributed by atoms with Crippen molar-refractivity contribution in [3.8, 4) is 0 Å². The third-order valence-corrected chi connectivity index (χ3v) is 7.33. The summed E-state index contributed by atoms with van der Waals surface area (Å²) >= 11 is 0. The molecule has 4 aliphatic heterocycles. The first-order chi connectivity index (χ1) is 15.0. The second-order valence-electron chi connectivity index (χ2n) is 9.11. The van der Waals surface area contributed by atoms with E-state index in [1.807, 2.05) is 6.07 Å². The van der Waals surface area contributed by atoms with Gasteiger partial charge in [-0.2, -0.15) is 0 Å². The number of imide groups is 2. The fourth-order valence-electron chi connectivity index (χ4n) is 5.57. The van der Waals surface area contributed by atoms with Crippen LogP contribution in [0.5, 0.6) is 0 Å². The van der Waals surface area contributed by atoms with E-state index in [9.17, 15) is 19.2 Å². The lowest BCUT2D eigenvalue weighted by Crippen LogP contribution is -2.54. The highest BCUT2D eigenvalue weighted by atomic mass is 16.2. The predicted octanol–water partition coefficient (Wildman–Crippen LogP) is 1.30. The first kappa shape index (κ1) is 20.2. The lowest BCUT2D eigenvalue weighted by molar-refractivity contribution is -0.136. The average Bonchev–Trinajstić information content (AvgIpc) is 3.04. The summed E-state index contributed by atoms with van der Waals surface area (Å²) in [6.07, 6.45) is 5.14. The van der Waals surface area contributed by atoms with Gasteiger partial charge in [0.15, 0.2) is 0 Å². The molecule has 5 rings (SSSR count). The largest absolute Gasteiger partial charge is 0.371 e. The Morgan fingerprint density at radius 2 is 1.65 bits per heavy atom. The number of nitrogens with zero attached hydrogens (tertiary/aromatic N) is 2. The topological polar surface area (TPSA) is 98.8 Å². The van der Waals surface area contributed by atoms with Crippen molar-refractivity contribution in [2.24, 2.45) is 11.8 Å². The number of rotatable bonds is 3. The Bertz CT molecular complexity index is 932. The molecule has 3 fully saturated rings. The van der Waals surface area contributed by atoms with E-state index < -0.39 is 23.8 Å². The summed E-state index contributed by atoms with van der Waals surface area (Å²) in [5.74, 6) is -0.344. The summed E-state index contributed by atoms with van der Waals surface area (Å²) in [4.78, 5) is 52.9. The van der Waals surface area contributed by atoms with Crippen LogP contribution >= 0.6 is 0 Å². The number of amides is 4. The fourth-order valence-corrected chi connectivity index (χ4v) is 5.57. The SMILES string of the molecule is O=C1CCC(N2C(=O)c3ccc(N4CCC(C5CCCNC5)CC4)cc3C2=O)C(=O)N1. The molecule has 8 heteroatoms. The highest BCUT2D eigenvalue weighted by Crippen LogP contribution is 2.34. The van der Waals surface area contributed by atoms with Crippen molar-refractivity contribution in [2.75, 3.05) is 31.1 Å². The molecule has 4 heterocycles. The Hall–Kier alpha value is -2.74. The van der Waals surface area contributed by atoms with Crippen molar-refractivity contribution in [1.82, 2.24) is 15.5 Å². The van der Waals surface area contributed by atoms with Crippen molar-refractivity contribution in [3.63, 3.8) is 0 Å². The van der Waals surface area contributed by atoms with E-state index in [4.69, 9.17) is 0 Å². The molecule has 1 aromatic rings. The Kier molecular flexibility index (Phi) is 5.25. The maximum atomic E-state index is 13.0. The van der Waals surface area contributed by atoms with Crippen LogP contribution in [-0.4, -0.2) is 60.7 Å². The van der Waals surface area contributed by atoms with Gasteiger partial charge in [-0.25, -0.2) is 0 Å². The van der Waals surface area contributed by atoms with Gasteiger partial charge in [0.05, 0.1) is 11.1 Å². The van der Waals surface area contributed by atoms with Gasteiger partial charge < -0.3 is 10.2 Å². The standard InChI is InChI=1S/C23H28N4O4/c28-20-6-5-19(21(29)25-20)27-22(30)17-4-3-16(12-18(17)23(27)31)26-10-7-14(8-11-26)15-2-1-9-24-13-15/h3-4,12,14-15,19,24H,1-2,5-11,13H2,(H,25,28,29). The molecule has 4 amide bonds. The van der Waals surface area contributed by atoms with Crippen LogP contribution in [-0.2, 0) is 9.59 Å². The molecule has 0 aromatic heterocycles. The van der Waals surface area contributed by atoms with Crippen molar-refractivity contribution in [3.05, 3.63) is 29.3 Å². The van der Waals surface area contributed by atoms with E-state index in [1.54, 1.807) is 12.1 Å². The highest BCUT2D eigenvalue weighted by molar-refractivity contribution is 6.23. The molecule has 0 spiro atoms. The summed E-state index contributed by atoms with van der Waals surface area (Å²) in [6, 6.07) is 4.48. The Morgan fingerprint density at radius 3 is 2.35 bits per heavy atom. The van der Waals surface area contributed by atoms with Crippen LogP contribution < -0.4 is 15.5 Å². The van der Waals surface area contributed by atoms with Gasteiger partial charge in [-0.15, -0.1) is 0 Å². The Morgan fingerprint density at radius 1 is 0.871 bits per heavy atom. The molecule has 0 saturated carbocycles. The van der Waals surface area contributed by atoms with E-state index in [0.717, 1.165) is 61.4 Å². The second kappa shape index (κ2) is 8.07. The first-order valence-electron chi connectivity index (χ1n) is 11.3. The van der Waals surface area contributed by atoms with E-state index >= 15 is 0 Å². The van der Waals surface area contributed by atoms with Gasteiger partial charge >= 0.3 is 0 Å². The van der Waals surface area contributed by atoms with Gasteiger partial charge in [-0.1, -0.05) is 0 Å². The molecular weight excluding hydrogens is 396 g/mol. The molecule has 0 radical (unpaired) electrons. The van der Waals surface area contributed by atoms with Crippen LogP contribution in [0.25, 0.3) is 0 Å². The number of carbonyl (C=O) groups excluding carboxylic acids is 4. The molecule has 3 saturated heterocycles. The Balaban J connectivity index is 1.29. The number of benzene rings is 1. The molecule has 8 nitrogen and oxygen atoms in total. The molecule has 2 unspecified atom stereocenters. The summed E-state index contributed by atoms with van der Waals surface area (Å²) < 4.78 is 0. The molecule has 31 heavy (non-hydrogen) atoms. The third-order valence-electron chi connectivity index (χ3n) is 7.33. The van der Waals surface area contributed by atoms with E-state index in [-0.39, 0.29) is 18.7 Å². The van der Waals surface area contributed by atoms with Gasteiger partial charge in [0.25, 0.3) is 11.8 Å². The smallest absolute Gasteiger partial charge is 0.262 e. The number of piperidine rings is 3. The van der Waals surface area contributed by atoms with Gasteiger partial charge in [0.2, 0.25) is 11.8 Å². The lowest BCUT2D eigenvalue weighted by atomic mass is 9.80. The van der Waals surface area contributed by atoms with Crippen molar-refractivity contribution >= 4 is 29.3 Å². The van der Waals surface area contributed by atoms with E-state index in [0.29, 0.717) is 11.1 Å². The minimum absolute atomic E-state index is 0.126. The molecular formula is C23H28N4O4. The summed E-state index contributed by atoms with van der Waals surface area (Å²) in [5.41, 5.74) is 1.64. The normalized spacial score (nSPS) is 27.5. The third kappa shape index (κ3) is 3.63. The zero-order valence-corrected chi connectivity index (χ0v) is 17.6. The summed E-state index contributed by atoms with van der Waals surface area (Å²) in [5, 5.41) is 5.75. The zero-order chi connectivity index (χ0) is 21.5. The van der Waals surface area contributed by atoms with Gasteiger partial charge in [-0.05, 0) is 75.2 Å². The van der Waals surface area contributed by atoms with Crippen molar-refractivity contribution < 1.29 is 19.2 Å². The summed E-state index contributed by atoms with van der Waals surface area (Å²) in [6.45, 7) is 4.14. The number of carbonyl (C=O) groups is 4. The maximum Gasteiger partial charge on any atom is 0.262 e. The number of hydrogen-bond acceptors (Lipinski definition) is 6. The minimum atomic E-state index is -0.923. The van der Waals surface area contributed by atoms with E-state index in [2.05, 4.69) is 15.5 Å². The predicted molar refractivity (Wildman–Crippen MR) is 114 cm³/mol.